The fourth-order valence-corrected chi connectivity index (χ4v) is 2.99. The van der Waals surface area contributed by atoms with Gasteiger partial charge in [-0.3, -0.25) is 9.59 Å². The average Bonchev–Trinajstić information content (AvgIpc) is 2.79. The van der Waals surface area contributed by atoms with Crippen molar-refractivity contribution in [3.8, 4) is 0 Å². The predicted octanol–water partition coefficient (Wildman–Crippen LogP) is 1.10. The number of hydrogen-bond acceptors (Lipinski definition) is 4. The van der Waals surface area contributed by atoms with Crippen LogP contribution in [0.5, 0.6) is 0 Å². The molecule has 1 aliphatic heterocycles. The van der Waals surface area contributed by atoms with E-state index >= 15 is 0 Å². The van der Waals surface area contributed by atoms with E-state index in [1.54, 1.807) is 0 Å². The molecule has 1 saturated heterocycles. The highest BCUT2D eigenvalue weighted by Gasteiger charge is 2.40. The lowest BCUT2D eigenvalue weighted by Gasteiger charge is -2.19. The zero-order chi connectivity index (χ0) is 15.8. The Balaban J connectivity index is 2.45. The van der Waals surface area contributed by atoms with Crippen LogP contribution >= 0.6 is 11.6 Å². The number of rotatable bonds is 3. The number of carbonyl (C=O) groups is 2. The second-order valence-electron chi connectivity index (χ2n) is 4.55. The van der Waals surface area contributed by atoms with Crippen LogP contribution in [0.15, 0.2) is 18.2 Å². The van der Waals surface area contributed by atoms with Crippen LogP contribution in [0, 0.1) is 0 Å². The number of nitrogens with one attached hydrogen (secondary N) is 1. The van der Waals surface area contributed by atoms with Crippen molar-refractivity contribution in [2.75, 3.05) is 18.5 Å². The van der Waals surface area contributed by atoms with Crippen molar-refractivity contribution in [2.45, 2.75) is 11.7 Å². The first kappa shape index (κ1) is 15.7. The van der Waals surface area contributed by atoms with E-state index in [2.05, 4.69) is 5.32 Å². The molecule has 1 heterocycles. The normalized spacial score (nSPS) is 18.9. The Bertz CT molecular complexity index is 707. The van der Waals surface area contributed by atoms with Gasteiger partial charge in [0.2, 0.25) is 5.91 Å². The number of halogens is 2. The van der Waals surface area contributed by atoms with Crippen molar-refractivity contribution in [1.82, 2.24) is 5.32 Å². The highest BCUT2D eigenvalue weighted by atomic mass is 35.5. The molecule has 1 aliphatic rings. The third-order valence-corrected chi connectivity index (χ3v) is 4.56. The van der Waals surface area contributed by atoms with Crippen LogP contribution < -0.4 is 10.2 Å². The maximum atomic E-state index is 13.0. The zero-order valence-electron chi connectivity index (χ0n) is 11.0. The van der Waals surface area contributed by atoms with Gasteiger partial charge in [0, 0.05) is 25.0 Å². The molecule has 2 rings (SSSR count). The number of carbonyl (C=O) groups excluding carboxylic acids is 2. The summed E-state index contributed by atoms with van der Waals surface area (Å²) in [6.07, 6.45) is -0.460. The number of hydrogen-bond donors (Lipinski definition) is 1. The van der Waals surface area contributed by atoms with Crippen LogP contribution in [0.4, 0.5) is 9.57 Å². The van der Waals surface area contributed by atoms with Gasteiger partial charge in [-0.2, -0.15) is 8.42 Å². The summed E-state index contributed by atoms with van der Waals surface area (Å²) in [4.78, 5) is 24.8. The third-order valence-electron chi connectivity index (χ3n) is 3.21. The molecule has 0 radical (unpaired) electrons. The summed E-state index contributed by atoms with van der Waals surface area (Å²) >= 11 is 5.86. The molecule has 1 N–H and O–H groups in total. The molecule has 2 amide bonds. The second kappa shape index (κ2) is 5.61. The maximum Gasteiger partial charge on any atom is 0.307 e. The zero-order valence-corrected chi connectivity index (χ0v) is 12.5. The van der Waals surface area contributed by atoms with Gasteiger partial charge in [-0.15, -0.1) is 3.89 Å². The molecule has 0 saturated carbocycles. The first-order valence-electron chi connectivity index (χ1n) is 5.99. The first-order chi connectivity index (χ1) is 9.74. The Morgan fingerprint density at radius 2 is 2.14 bits per heavy atom. The van der Waals surface area contributed by atoms with E-state index in [1.807, 2.05) is 0 Å². The molecule has 0 spiro atoms. The lowest BCUT2D eigenvalue weighted by molar-refractivity contribution is -0.117. The number of amides is 2. The third kappa shape index (κ3) is 3.16. The Morgan fingerprint density at radius 1 is 1.48 bits per heavy atom. The maximum absolute atomic E-state index is 13.0. The quantitative estimate of drug-likeness (QED) is 0.839. The SMILES string of the molecule is CNC(=O)c1ccc(Cl)cc1N1CC(S(=O)(=O)F)CC1=O. The van der Waals surface area contributed by atoms with Crippen LogP contribution in [-0.2, 0) is 15.0 Å². The molecular weight excluding hydrogens is 323 g/mol. The van der Waals surface area contributed by atoms with Crippen molar-refractivity contribution < 1.29 is 21.9 Å². The van der Waals surface area contributed by atoms with Crippen molar-refractivity contribution in [3.05, 3.63) is 28.8 Å². The smallest absolute Gasteiger partial charge is 0.307 e. The summed E-state index contributed by atoms with van der Waals surface area (Å²) in [6, 6.07) is 4.26. The summed E-state index contributed by atoms with van der Waals surface area (Å²) in [5, 5.41) is 1.25. The van der Waals surface area contributed by atoms with Gasteiger partial charge < -0.3 is 10.2 Å². The van der Waals surface area contributed by atoms with E-state index in [1.165, 1.54) is 25.2 Å². The predicted molar refractivity (Wildman–Crippen MR) is 75.6 cm³/mol. The van der Waals surface area contributed by atoms with Crippen molar-refractivity contribution >= 4 is 39.3 Å². The van der Waals surface area contributed by atoms with Crippen LogP contribution in [0.1, 0.15) is 16.8 Å². The van der Waals surface area contributed by atoms with E-state index < -0.39 is 33.7 Å². The lowest BCUT2D eigenvalue weighted by atomic mass is 10.1. The minimum Gasteiger partial charge on any atom is -0.355 e. The molecular formula is C12H12ClFN2O4S. The largest absolute Gasteiger partial charge is 0.355 e. The van der Waals surface area contributed by atoms with Crippen molar-refractivity contribution in [1.29, 1.82) is 0 Å². The molecule has 0 aromatic heterocycles. The van der Waals surface area contributed by atoms with Crippen LogP contribution in [-0.4, -0.2) is 39.1 Å². The summed E-state index contributed by atoms with van der Waals surface area (Å²) in [6.45, 7) is -0.345. The van der Waals surface area contributed by atoms with Gasteiger partial charge >= 0.3 is 10.2 Å². The van der Waals surface area contributed by atoms with E-state index in [4.69, 9.17) is 11.6 Å². The van der Waals surface area contributed by atoms with Crippen molar-refractivity contribution in [3.63, 3.8) is 0 Å². The molecule has 9 heteroatoms. The molecule has 1 aromatic rings. The van der Waals surface area contributed by atoms with Crippen LogP contribution in [0.3, 0.4) is 0 Å². The Hall–Kier alpha value is -1.67. The summed E-state index contributed by atoms with van der Waals surface area (Å²) in [5.74, 6) is -1.03. The van der Waals surface area contributed by atoms with Gasteiger partial charge in [-0.05, 0) is 18.2 Å². The molecule has 1 aromatic carbocycles. The average molecular weight is 335 g/mol. The summed E-state index contributed by atoms with van der Waals surface area (Å²) in [7, 11) is -3.40. The number of benzene rings is 1. The summed E-state index contributed by atoms with van der Waals surface area (Å²) < 4.78 is 34.9. The van der Waals surface area contributed by atoms with Crippen LogP contribution in [0.2, 0.25) is 5.02 Å². The Kier molecular flexibility index (Phi) is 4.20. The topological polar surface area (TPSA) is 83.6 Å². The van der Waals surface area contributed by atoms with Gasteiger partial charge in [0.25, 0.3) is 5.91 Å². The Morgan fingerprint density at radius 3 is 2.67 bits per heavy atom. The minimum absolute atomic E-state index is 0.159. The molecule has 0 aliphatic carbocycles. The van der Waals surface area contributed by atoms with Gasteiger partial charge in [0.15, 0.2) is 0 Å². The first-order valence-corrected chi connectivity index (χ1v) is 7.82. The standard InChI is InChI=1S/C12H12ClFN2O4S/c1-15-12(18)9-3-2-7(13)4-10(9)16-6-8(5-11(16)17)21(14,19)20/h2-4,8H,5-6H2,1H3,(H,15,18). The Labute approximate surface area is 126 Å². The van der Waals surface area contributed by atoms with Crippen molar-refractivity contribution in [2.24, 2.45) is 0 Å². The van der Waals surface area contributed by atoms with E-state index in [-0.39, 0.29) is 22.8 Å². The molecule has 0 bridgehead atoms. The summed E-state index contributed by atoms with van der Waals surface area (Å²) in [5.41, 5.74) is 0.324. The molecule has 114 valence electrons. The number of nitrogens with zero attached hydrogens (tertiary/aromatic N) is 1. The van der Waals surface area contributed by atoms with Crippen LogP contribution in [0.25, 0.3) is 0 Å². The van der Waals surface area contributed by atoms with Gasteiger partial charge in [-0.1, -0.05) is 11.6 Å². The second-order valence-corrected chi connectivity index (χ2v) is 6.60. The van der Waals surface area contributed by atoms with E-state index in [9.17, 15) is 21.9 Å². The molecule has 6 nitrogen and oxygen atoms in total. The lowest BCUT2D eigenvalue weighted by Crippen LogP contribution is -2.30. The van der Waals surface area contributed by atoms with E-state index in [0.29, 0.717) is 0 Å². The van der Waals surface area contributed by atoms with Gasteiger partial charge in [0.1, 0.15) is 5.25 Å². The fourth-order valence-electron chi connectivity index (χ4n) is 2.15. The fraction of sp³-hybridized carbons (Fsp3) is 0.333. The highest BCUT2D eigenvalue weighted by molar-refractivity contribution is 7.87. The van der Waals surface area contributed by atoms with Gasteiger partial charge in [-0.25, -0.2) is 0 Å². The highest BCUT2D eigenvalue weighted by Crippen LogP contribution is 2.30. The monoisotopic (exact) mass is 334 g/mol. The molecule has 1 atom stereocenters. The molecule has 21 heavy (non-hydrogen) atoms. The van der Waals surface area contributed by atoms with Gasteiger partial charge in [0.05, 0.1) is 11.3 Å². The number of anilines is 1. The minimum atomic E-state index is -4.82. The molecule has 1 fully saturated rings. The molecule has 1 unspecified atom stereocenters. The van der Waals surface area contributed by atoms with E-state index in [0.717, 1.165) is 4.90 Å².